The van der Waals surface area contributed by atoms with Crippen LogP contribution in [0, 0.1) is 5.92 Å². The van der Waals surface area contributed by atoms with Gasteiger partial charge in [-0.15, -0.1) is 0 Å². The minimum absolute atomic E-state index is 0.108. The van der Waals surface area contributed by atoms with Gasteiger partial charge in [0.05, 0.1) is 0 Å². The van der Waals surface area contributed by atoms with Crippen LogP contribution in [0.4, 0.5) is 0 Å². The van der Waals surface area contributed by atoms with Crippen LogP contribution in [0.3, 0.4) is 0 Å². The van der Waals surface area contributed by atoms with Gasteiger partial charge in [0.1, 0.15) is 6.04 Å². The average molecular weight is 256 g/mol. The number of nitrogens with two attached hydrogens (primary N) is 1. The average Bonchev–Trinajstić information content (AvgIpc) is 2.36. The predicted molar refractivity (Wildman–Crippen MR) is 71.1 cm³/mol. The van der Waals surface area contributed by atoms with Gasteiger partial charge in [-0.25, -0.2) is 0 Å². The van der Waals surface area contributed by atoms with Gasteiger partial charge in [-0.1, -0.05) is 44.6 Å². The summed E-state index contributed by atoms with van der Waals surface area (Å²) in [5, 5.41) is 11.7. The van der Waals surface area contributed by atoms with Crippen molar-refractivity contribution in [1.29, 1.82) is 0 Å². The number of carbonyl (C=O) groups is 1. The molecule has 18 heavy (non-hydrogen) atoms. The second-order valence-corrected chi connectivity index (χ2v) is 4.77. The molecule has 0 saturated heterocycles. The first-order valence-corrected chi connectivity index (χ1v) is 6.55. The largest absolute Gasteiger partial charge is 0.481 e. The third kappa shape index (κ3) is 7.14. The van der Waals surface area contributed by atoms with Crippen molar-refractivity contribution in [1.82, 2.24) is 0 Å². The summed E-state index contributed by atoms with van der Waals surface area (Å²) in [4.78, 5) is 12.9. The third-order valence-electron chi connectivity index (χ3n) is 3.26. The van der Waals surface area contributed by atoms with Crippen molar-refractivity contribution in [3.05, 3.63) is 10.4 Å². The molecule has 0 amide bonds. The Labute approximate surface area is 108 Å². The molecule has 1 aliphatic carbocycles. The van der Waals surface area contributed by atoms with E-state index in [1.165, 1.54) is 32.1 Å². The summed E-state index contributed by atoms with van der Waals surface area (Å²) in [7, 11) is 0. The zero-order valence-electron chi connectivity index (χ0n) is 11.2. The molecular weight excluding hydrogens is 232 g/mol. The lowest BCUT2D eigenvalue weighted by Gasteiger charge is -2.15. The van der Waals surface area contributed by atoms with E-state index in [0.29, 0.717) is 12.5 Å². The number of hydrogen-bond donors (Lipinski definition) is 2. The highest BCUT2D eigenvalue weighted by molar-refractivity contribution is 5.73. The Hall–Kier alpha value is -1.26. The van der Waals surface area contributed by atoms with Gasteiger partial charge in [-0.2, -0.15) is 0 Å². The lowest BCUT2D eigenvalue weighted by Crippen LogP contribution is -2.24. The van der Waals surface area contributed by atoms with Crippen LogP contribution in [-0.4, -0.2) is 23.2 Å². The Morgan fingerprint density at radius 3 is 2.33 bits per heavy atom. The maximum absolute atomic E-state index is 10.4. The fourth-order valence-electron chi connectivity index (χ4n) is 1.82. The summed E-state index contributed by atoms with van der Waals surface area (Å²) in [6.45, 7) is 3.60. The monoisotopic (exact) mass is 256 g/mol. The van der Waals surface area contributed by atoms with Crippen LogP contribution in [0.15, 0.2) is 5.11 Å². The molecule has 1 rings (SSSR count). The molecule has 6 nitrogen and oxygen atoms in total. The molecule has 6 heteroatoms. The Kier molecular flexibility index (Phi) is 9.06. The van der Waals surface area contributed by atoms with E-state index in [1.54, 1.807) is 6.92 Å². The third-order valence-corrected chi connectivity index (χ3v) is 3.26. The minimum Gasteiger partial charge on any atom is -0.481 e. The number of hydrogen-bond acceptors (Lipinski definition) is 3. The van der Waals surface area contributed by atoms with Gasteiger partial charge in [-0.3, -0.25) is 4.79 Å². The molecule has 0 bridgehead atoms. The Bertz CT molecular complexity index is 282. The van der Waals surface area contributed by atoms with Crippen LogP contribution in [-0.2, 0) is 4.79 Å². The van der Waals surface area contributed by atoms with E-state index in [0.717, 1.165) is 0 Å². The normalized spacial score (nSPS) is 18.8. The van der Waals surface area contributed by atoms with Crippen LogP contribution < -0.4 is 5.73 Å². The first-order chi connectivity index (χ1) is 8.52. The highest BCUT2D eigenvalue weighted by atomic mass is 16.4. The van der Waals surface area contributed by atoms with Crippen LogP contribution in [0.25, 0.3) is 10.4 Å². The van der Waals surface area contributed by atoms with E-state index in [-0.39, 0.29) is 5.92 Å². The van der Waals surface area contributed by atoms with E-state index < -0.39 is 12.0 Å². The molecule has 1 aliphatic rings. The summed E-state index contributed by atoms with van der Waals surface area (Å²) < 4.78 is 0. The molecule has 0 heterocycles. The van der Waals surface area contributed by atoms with Crippen LogP contribution >= 0.6 is 0 Å². The van der Waals surface area contributed by atoms with E-state index >= 15 is 0 Å². The zero-order valence-corrected chi connectivity index (χ0v) is 11.2. The van der Waals surface area contributed by atoms with Crippen molar-refractivity contribution in [3.63, 3.8) is 0 Å². The molecule has 3 N–H and O–H groups in total. The zero-order chi connectivity index (χ0) is 14.0. The van der Waals surface area contributed by atoms with E-state index in [4.69, 9.17) is 16.4 Å². The van der Waals surface area contributed by atoms with Gasteiger partial charge in [0.25, 0.3) is 0 Å². The number of azide groups is 1. The van der Waals surface area contributed by atoms with Gasteiger partial charge in [0.2, 0.25) is 0 Å². The molecule has 1 fully saturated rings. The molecule has 0 aromatic carbocycles. The maximum Gasteiger partial charge on any atom is 0.312 e. The second-order valence-electron chi connectivity index (χ2n) is 4.77. The summed E-state index contributed by atoms with van der Waals surface area (Å²) in [6, 6.07) is -0.390. The lowest BCUT2D eigenvalue weighted by molar-refractivity contribution is -0.139. The fourth-order valence-corrected chi connectivity index (χ4v) is 1.82. The number of aliphatic carboxylic acids is 1. The van der Waals surface area contributed by atoms with Crippen molar-refractivity contribution in [2.45, 2.75) is 64.5 Å². The maximum atomic E-state index is 10.4. The molecule has 0 aromatic heterocycles. The molecule has 0 aliphatic heterocycles. The highest BCUT2D eigenvalue weighted by Gasteiger charge is 2.21. The molecule has 2 atom stereocenters. The Morgan fingerprint density at radius 2 is 2.06 bits per heavy atom. The first-order valence-electron chi connectivity index (χ1n) is 6.55. The lowest BCUT2D eigenvalue weighted by atomic mass is 9.97. The summed E-state index contributed by atoms with van der Waals surface area (Å²) >= 11 is 0. The molecule has 0 radical (unpaired) electrons. The van der Waals surface area contributed by atoms with Gasteiger partial charge in [0, 0.05) is 11.0 Å². The topological polar surface area (TPSA) is 112 Å². The fraction of sp³-hybridized carbons (Fsp3) is 0.917. The minimum atomic E-state index is -1.06. The van der Waals surface area contributed by atoms with Crippen molar-refractivity contribution >= 4 is 5.97 Å². The van der Waals surface area contributed by atoms with E-state index in [9.17, 15) is 4.79 Å². The molecule has 1 saturated carbocycles. The number of rotatable bonds is 4. The van der Waals surface area contributed by atoms with Gasteiger partial charge in [0.15, 0.2) is 0 Å². The number of carboxylic acids is 1. The van der Waals surface area contributed by atoms with Crippen molar-refractivity contribution in [3.8, 4) is 0 Å². The summed E-state index contributed by atoms with van der Waals surface area (Å²) in [5.41, 5.74) is 13.7. The van der Waals surface area contributed by atoms with Gasteiger partial charge in [-0.05, 0) is 24.3 Å². The standard InChI is InChI=1S/C6H11N3O2.C6H13N/c1-3-4(2)5(6(10)11)8-9-7;7-6-4-2-1-3-5-6/h4-5H,3H2,1-2H3,(H,10,11);6H,1-5,7H2/t4?,5-;/m1./s1. The summed E-state index contributed by atoms with van der Waals surface area (Å²) in [5.74, 6) is -1.17. The number of carboxylic acid groups (broad SMARTS) is 1. The highest BCUT2D eigenvalue weighted by Crippen LogP contribution is 2.14. The Morgan fingerprint density at radius 1 is 1.50 bits per heavy atom. The van der Waals surface area contributed by atoms with Gasteiger partial charge >= 0.3 is 5.97 Å². The first kappa shape index (κ1) is 16.7. The SMILES string of the molecule is CCC(C)[C@@H](N=[N+]=[N-])C(=O)O.NC1CCCCC1. The van der Waals surface area contributed by atoms with Crippen molar-refractivity contribution in [2.75, 3.05) is 0 Å². The van der Waals surface area contributed by atoms with E-state index in [2.05, 4.69) is 10.0 Å². The second kappa shape index (κ2) is 9.74. The van der Waals surface area contributed by atoms with Crippen molar-refractivity contribution in [2.24, 2.45) is 16.8 Å². The van der Waals surface area contributed by atoms with Crippen LogP contribution in [0.1, 0.15) is 52.4 Å². The molecule has 0 spiro atoms. The van der Waals surface area contributed by atoms with Crippen molar-refractivity contribution < 1.29 is 9.90 Å². The van der Waals surface area contributed by atoms with Crippen LogP contribution in [0.5, 0.6) is 0 Å². The van der Waals surface area contributed by atoms with Gasteiger partial charge < -0.3 is 10.8 Å². The predicted octanol–water partition coefficient (Wildman–Crippen LogP) is 3.07. The molecular formula is C12H24N4O2. The quantitative estimate of drug-likeness (QED) is 0.457. The smallest absolute Gasteiger partial charge is 0.312 e. The molecule has 0 aromatic rings. The van der Waals surface area contributed by atoms with Crippen LogP contribution in [0.2, 0.25) is 0 Å². The summed E-state index contributed by atoms with van der Waals surface area (Å²) in [6.07, 6.45) is 7.35. The molecule has 104 valence electrons. The Balaban J connectivity index is 0.000000351. The van der Waals surface area contributed by atoms with E-state index in [1.807, 2.05) is 6.92 Å². The molecule has 1 unspecified atom stereocenters. The number of nitrogens with zero attached hydrogens (tertiary/aromatic N) is 3.